The average molecular weight is 239 g/mol. The Bertz CT molecular complexity index is 736. The Labute approximate surface area is 104 Å². The Hall–Kier alpha value is -2.30. The van der Waals surface area contributed by atoms with Crippen LogP contribution in [0.4, 0.5) is 10.1 Å². The van der Waals surface area contributed by atoms with Gasteiger partial charge in [0.25, 0.3) is 0 Å². The highest BCUT2D eigenvalue weighted by Crippen LogP contribution is 2.27. The summed E-state index contributed by atoms with van der Waals surface area (Å²) >= 11 is 0. The van der Waals surface area contributed by atoms with E-state index in [9.17, 15) is 4.39 Å². The molecule has 0 aliphatic rings. The first-order valence-corrected chi connectivity index (χ1v) is 5.66. The van der Waals surface area contributed by atoms with Gasteiger partial charge in [-0.3, -0.25) is 5.10 Å². The zero-order chi connectivity index (χ0) is 12.7. The van der Waals surface area contributed by atoms with Crippen molar-refractivity contribution in [1.29, 1.82) is 0 Å². The minimum absolute atomic E-state index is 0.247. The Balaban J connectivity index is 2.36. The first kappa shape index (κ1) is 10.8. The topological polar surface area (TPSA) is 54.7 Å². The zero-order valence-electron chi connectivity index (χ0n) is 9.87. The highest BCUT2D eigenvalue weighted by atomic mass is 19.1. The van der Waals surface area contributed by atoms with Crippen LogP contribution in [-0.4, -0.2) is 18.0 Å². The van der Waals surface area contributed by atoms with Crippen LogP contribution < -0.4 is 11.2 Å². The monoisotopic (exact) mass is 239 g/mol. The highest BCUT2D eigenvalue weighted by molar-refractivity contribution is 6.42. The van der Waals surface area contributed by atoms with Gasteiger partial charge in [-0.25, -0.2) is 4.39 Å². The normalized spacial score (nSPS) is 10.9. The van der Waals surface area contributed by atoms with E-state index in [0.717, 1.165) is 21.9 Å². The van der Waals surface area contributed by atoms with Crippen LogP contribution in [0.5, 0.6) is 0 Å². The Morgan fingerprint density at radius 2 is 2.00 bits per heavy atom. The van der Waals surface area contributed by atoms with Gasteiger partial charge in [-0.1, -0.05) is 23.7 Å². The summed E-state index contributed by atoms with van der Waals surface area (Å²) in [6, 6.07) is 8.46. The van der Waals surface area contributed by atoms with E-state index in [1.165, 1.54) is 6.07 Å². The van der Waals surface area contributed by atoms with Crippen LogP contribution in [0.3, 0.4) is 0 Å². The lowest BCUT2D eigenvalue weighted by atomic mass is 9.84. The Morgan fingerprint density at radius 1 is 1.22 bits per heavy atom. The van der Waals surface area contributed by atoms with Crippen LogP contribution in [-0.2, 0) is 0 Å². The van der Waals surface area contributed by atoms with Gasteiger partial charge in [0.15, 0.2) is 0 Å². The molecular weight excluding hydrogens is 228 g/mol. The van der Waals surface area contributed by atoms with Crippen molar-refractivity contribution in [2.75, 3.05) is 5.73 Å². The van der Waals surface area contributed by atoms with Gasteiger partial charge in [0.1, 0.15) is 19.2 Å². The Morgan fingerprint density at radius 3 is 2.78 bits per heavy atom. The van der Waals surface area contributed by atoms with Crippen molar-refractivity contribution in [2.45, 2.75) is 0 Å². The zero-order valence-corrected chi connectivity index (χ0v) is 9.87. The molecule has 0 amide bonds. The quantitative estimate of drug-likeness (QED) is 0.495. The predicted molar refractivity (Wildman–Crippen MR) is 74.1 cm³/mol. The molecule has 0 aliphatic heterocycles. The van der Waals surface area contributed by atoms with Gasteiger partial charge in [-0.2, -0.15) is 5.10 Å². The molecule has 2 aromatic carbocycles. The molecule has 3 nitrogen and oxygen atoms in total. The van der Waals surface area contributed by atoms with Gasteiger partial charge < -0.3 is 5.73 Å². The molecule has 3 aromatic rings. The van der Waals surface area contributed by atoms with Gasteiger partial charge in [0.05, 0.1) is 5.69 Å². The third kappa shape index (κ3) is 1.48. The van der Waals surface area contributed by atoms with Crippen molar-refractivity contribution in [1.82, 2.24) is 10.2 Å². The first-order valence-electron chi connectivity index (χ1n) is 5.66. The lowest BCUT2D eigenvalue weighted by molar-refractivity contribution is 0.631. The second-order valence-electron chi connectivity index (χ2n) is 4.27. The minimum atomic E-state index is -0.247. The van der Waals surface area contributed by atoms with E-state index < -0.39 is 0 Å². The number of rotatable bonds is 1. The number of nitrogens with zero attached hydrogens (tertiary/aromatic N) is 1. The molecule has 88 valence electrons. The number of aromatic amines is 1. The molecule has 0 saturated heterocycles. The summed E-state index contributed by atoms with van der Waals surface area (Å²) in [5, 5.41) is 7.81. The fourth-order valence-corrected chi connectivity index (χ4v) is 2.23. The van der Waals surface area contributed by atoms with E-state index in [-0.39, 0.29) is 5.82 Å². The number of nitrogens with two attached hydrogens (primary N) is 1. The summed E-state index contributed by atoms with van der Waals surface area (Å²) < 4.78 is 13.8. The second-order valence-corrected chi connectivity index (χ2v) is 4.27. The van der Waals surface area contributed by atoms with Gasteiger partial charge in [0, 0.05) is 17.1 Å². The van der Waals surface area contributed by atoms with Crippen molar-refractivity contribution in [3.05, 3.63) is 42.3 Å². The number of fused-ring (bicyclic) bond motifs is 1. The number of hydrogen-bond acceptors (Lipinski definition) is 2. The summed E-state index contributed by atoms with van der Waals surface area (Å²) in [5.74, 6) is -0.247. The van der Waals surface area contributed by atoms with E-state index in [1.807, 2.05) is 13.9 Å². The summed E-state index contributed by atoms with van der Waals surface area (Å²) in [7, 11) is 1.94. The Kier molecular flexibility index (Phi) is 2.33. The molecule has 0 aliphatic carbocycles. The van der Waals surface area contributed by atoms with Crippen LogP contribution in [0.25, 0.3) is 22.0 Å². The number of aromatic nitrogens is 2. The van der Waals surface area contributed by atoms with Crippen LogP contribution in [0.1, 0.15) is 0 Å². The molecule has 18 heavy (non-hydrogen) atoms. The molecule has 1 heterocycles. The van der Waals surface area contributed by atoms with Crippen LogP contribution >= 0.6 is 0 Å². The van der Waals surface area contributed by atoms with E-state index in [2.05, 4.69) is 10.2 Å². The molecule has 0 saturated carbocycles. The fraction of sp³-hybridized carbons (Fsp3) is 0. The fourth-order valence-electron chi connectivity index (χ4n) is 2.23. The highest BCUT2D eigenvalue weighted by Gasteiger charge is 2.13. The van der Waals surface area contributed by atoms with Crippen LogP contribution in [0.15, 0.2) is 36.5 Å². The SMILES string of the molecule is Bc1c(-c2ccccc2F)cc(N)c2n[nH]cc12. The molecule has 0 bridgehead atoms. The standard InChI is InChI=1S/C13H11BFN3/c14-12-8(7-3-1-2-4-10(7)15)5-11(16)13-9(12)6-17-18-13/h1-6H,14,16H2,(H,17,18). The average Bonchev–Trinajstić information content (AvgIpc) is 2.85. The molecule has 0 atom stereocenters. The lowest BCUT2D eigenvalue weighted by Crippen LogP contribution is -2.10. The summed E-state index contributed by atoms with van der Waals surface area (Å²) in [6.45, 7) is 0. The first-order chi connectivity index (χ1) is 8.68. The predicted octanol–water partition coefficient (Wildman–Crippen LogP) is 1.21. The summed E-state index contributed by atoms with van der Waals surface area (Å²) in [5.41, 5.74) is 9.57. The third-order valence-electron chi connectivity index (χ3n) is 3.19. The van der Waals surface area contributed by atoms with Crippen molar-refractivity contribution in [3.8, 4) is 11.1 Å². The molecule has 3 rings (SSSR count). The minimum Gasteiger partial charge on any atom is -0.397 e. The second kappa shape index (κ2) is 3.87. The van der Waals surface area contributed by atoms with Crippen LogP contribution in [0.2, 0.25) is 0 Å². The van der Waals surface area contributed by atoms with E-state index in [1.54, 1.807) is 24.4 Å². The summed E-state index contributed by atoms with van der Waals surface area (Å²) in [6.07, 6.45) is 1.78. The van der Waals surface area contributed by atoms with E-state index in [4.69, 9.17) is 5.73 Å². The maximum atomic E-state index is 13.8. The molecular formula is C13H11BFN3. The van der Waals surface area contributed by atoms with Crippen molar-refractivity contribution in [3.63, 3.8) is 0 Å². The van der Waals surface area contributed by atoms with Gasteiger partial charge in [0.2, 0.25) is 0 Å². The molecule has 0 spiro atoms. The number of hydrogen-bond donors (Lipinski definition) is 2. The molecule has 1 aromatic heterocycles. The van der Waals surface area contributed by atoms with Crippen LogP contribution in [0, 0.1) is 5.82 Å². The molecule has 0 fully saturated rings. The maximum absolute atomic E-state index is 13.8. The lowest BCUT2D eigenvalue weighted by Gasteiger charge is -2.10. The van der Waals surface area contributed by atoms with Gasteiger partial charge in [-0.05, 0) is 17.7 Å². The maximum Gasteiger partial charge on any atom is 0.141 e. The molecule has 0 radical (unpaired) electrons. The number of benzene rings is 2. The largest absolute Gasteiger partial charge is 0.397 e. The van der Waals surface area contributed by atoms with Crippen molar-refractivity contribution < 1.29 is 4.39 Å². The third-order valence-corrected chi connectivity index (χ3v) is 3.19. The number of halogens is 1. The molecule has 0 unspecified atom stereocenters. The van der Waals surface area contributed by atoms with Crippen molar-refractivity contribution in [2.24, 2.45) is 0 Å². The molecule has 3 N–H and O–H groups in total. The summed E-state index contributed by atoms with van der Waals surface area (Å²) in [4.78, 5) is 0. The smallest absolute Gasteiger partial charge is 0.141 e. The molecule has 5 heteroatoms. The number of nitrogens with one attached hydrogen (secondary N) is 1. The van der Waals surface area contributed by atoms with E-state index in [0.29, 0.717) is 11.3 Å². The number of H-pyrrole nitrogens is 1. The van der Waals surface area contributed by atoms with Crippen molar-refractivity contribution >= 4 is 29.9 Å². The van der Waals surface area contributed by atoms with E-state index >= 15 is 0 Å². The number of nitrogen functional groups attached to an aromatic ring is 1. The van der Waals surface area contributed by atoms with Gasteiger partial charge >= 0.3 is 0 Å². The number of anilines is 1. The van der Waals surface area contributed by atoms with Gasteiger partial charge in [-0.15, -0.1) is 0 Å².